The molecule has 0 aliphatic carbocycles. The van der Waals surface area contributed by atoms with Gasteiger partial charge in [-0.3, -0.25) is 0 Å². The van der Waals surface area contributed by atoms with E-state index < -0.39 is 18.2 Å². The first kappa shape index (κ1) is 18.1. The summed E-state index contributed by atoms with van der Waals surface area (Å²) in [7, 11) is 0. The van der Waals surface area contributed by atoms with Crippen LogP contribution < -0.4 is 0 Å². The largest absolute Gasteiger partial charge is 0.459 e. The van der Waals surface area contributed by atoms with Gasteiger partial charge in [-0.1, -0.05) is 36.4 Å². The molecule has 0 unspecified atom stereocenters. The van der Waals surface area contributed by atoms with Crippen molar-refractivity contribution < 1.29 is 23.8 Å². The van der Waals surface area contributed by atoms with Crippen LogP contribution in [0.15, 0.2) is 48.5 Å². The normalized spacial score (nSPS) is 19.2. The molecule has 1 heterocycles. The van der Waals surface area contributed by atoms with Crippen molar-refractivity contribution in [3.63, 3.8) is 0 Å². The Bertz CT molecular complexity index is 798. The van der Waals surface area contributed by atoms with Gasteiger partial charge in [0.1, 0.15) is 18.8 Å². The maximum atomic E-state index is 12.4. The Labute approximate surface area is 152 Å². The number of carbonyl (C=O) groups excluding carboxylic acids is 2. The number of hydrogen-bond donors (Lipinski definition) is 0. The molecule has 0 amide bonds. The zero-order chi connectivity index (χ0) is 18.5. The summed E-state index contributed by atoms with van der Waals surface area (Å²) < 4.78 is 16.6. The first-order valence-electron chi connectivity index (χ1n) is 8.67. The number of rotatable bonds is 5. The molecule has 0 radical (unpaired) electrons. The molecule has 2 atom stereocenters. The SMILES string of the molecule is Cc1ccccc1C(=O)OC[C@H]1OCC[C@@H]1OC(=O)c1ccccc1C. The lowest BCUT2D eigenvalue weighted by molar-refractivity contribution is -0.0282. The van der Waals surface area contributed by atoms with Crippen molar-refractivity contribution in [3.8, 4) is 0 Å². The van der Waals surface area contributed by atoms with Gasteiger partial charge in [-0.15, -0.1) is 0 Å². The second-order valence-electron chi connectivity index (χ2n) is 6.37. The molecule has 0 bridgehead atoms. The van der Waals surface area contributed by atoms with Gasteiger partial charge in [0.15, 0.2) is 0 Å². The van der Waals surface area contributed by atoms with Gasteiger partial charge in [0.2, 0.25) is 0 Å². The van der Waals surface area contributed by atoms with Crippen LogP contribution in [0.5, 0.6) is 0 Å². The van der Waals surface area contributed by atoms with Gasteiger partial charge < -0.3 is 14.2 Å². The summed E-state index contributed by atoms with van der Waals surface area (Å²) in [6.45, 7) is 4.25. The van der Waals surface area contributed by atoms with E-state index in [-0.39, 0.29) is 12.6 Å². The van der Waals surface area contributed by atoms with Crippen molar-refractivity contribution in [2.24, 2.45) is 0 Å². The van der Waals surface area contributed by atoms with Gasteiger partial charge in [-0.2, -0.15) is 0 Å². The fraction of sp³-hybridized carbons (Fsp3) is 0.333. The van der Waals surface area contributed by atoms with E-state index in [2.05, 4.69) is 0 Å². The number of hydrogen-bond acceptors (Lipinski definition) is 5. The van der Waals surface area contributed by atoms with Crippen LogP contribution in [0.25, 0.3) is 0 Å². The Morgan fingerprint density at radius 3 is 2.15 bits per heavy atom. The summed E-state index contributed by atoms with van der Waals surface area (Å²) >= 11 is 0. The number of benzene rings is 2. The van der Waals surface area contributed by atoms with Gasteiger partial charge in [-0.25, -0.2) is 9.59 Å². The van der Waals surface area contributed by atoms with E-state index in [9.17, 15) is 9.59 Å². The maximum Gasteiger partial charge on any atom is 0.338 e. The maximum absolute atomic E-state index is 12.4. The van der Waals surface area contributed by atoms with E-state index in [1.54, 1.807) is 24.3 Å². The predicted octanol–water partition coefficient (Wildman–Crippen LogP) is 3.47. The molecular formula is C21H22O5. The van der Waals surface area contributed by atoms with Gasteiger partial charge in [-0.05, 0) is 37.1 Å². The molecule has 0 spiro atoms. The lowest BCUT2D eigenvalue weighted by Gasteiger charge is -2.19. The van der Waals surface area contributed by atoms with Crippen molar-refractivity contribution in [1.29, 1.82) is 0 Å². The molecule has 1 aliphatic heterocycles. The molecule has 3 rings (SSSR count). The molecule has 0 saturated carbocycles. The second kappa shape index (κ2) is 8.15. The average molecular weight is 354 g/mol. The molecule has 0 N–H and O–H groups in total. The molecule has 2 aromatic carbocycles. The summed E-state index contributed by atoms with van der Waals surface area (Å²) in [6, 6.07) is 14.5. The first-order valence-corrected chi connectivity index (χ1v) is 8.67. The van der Waals surface area contributed by atoms with E-state index in [1.165, 1.54) is 0 Å². The van der Waals surface area contributed by atoms with E-state index in [0.717, 1.165) is 11.1 Å². The predicted molar refractivity (Wildman–Crippen MR) is 96.2 cm³/mol. The molecule has 0 aromatic heterocycles. The van der Waals surface area contributed by atoms with Crippen LogP contribution in [0.2, 0.25) is 0 Å². The number of ether oxygens (including phenoxy) is 3. The van der Waals surface area contributed by atoms with Crippen molar-refractivity contribution >= 4 is 11.9 Å². The van der Waals surface area contributed by atoms with Crippen molar-refractivity contribution in [2.45, 2.75) is 32.5 Å². The lowest BCUT2D eigenvalue weighted by atomic mass is 10.1. The Hall–Kier alpha value is -2.66. The molecule has 26 heavy (non-hydrogen) atoms. The number of esters is 2. The quantitative estimate of drug-likeness (QED) is 0.770. The minimum Gasteiger partial charge on any atom is -0.459 e. The van der Waals surface area contributed by atoms with Crippen LogP contribution in [-0.2, 0) is 14.2 Å². The summed E-state index contributed by atoms with van der Waals surface area (Å²) in [6.07, 6.45) is -0.285. The summed E-state index contributed by atoms with van der Waals surface area (Å²) in [5.74, 6) is -0.781. The third-order valence-electron chi connectivity index (χ3n) is 4.52. The highest BCUT2D eigenvalue weighted by atomic mass is 16.6. The van der Waals surface area contributed by atoms with Crippen molar-refractivity contribution in [1.82, 2.24) is 0 Å². The molecule has 5 nitrogen and oxygen atoms in total. The number of aryl methyl sites for hydroxylation is 2. The second-order valence-corrected chi connectivity index (χ2v) is 6.37. The Morgan fingerprint density at radius 1 is 0.962 bits per heavy atom. The van der Waals surface area contributed by atoms with Crippen molar-refractivity contribution in [2.75, 3.05) is 13.2 Å². The minimum absolute atomic E-state index is 0.0545. The fourth-order valence-corrected chi connectivity index (χ4v) is 2.96. The topological polar surface area (TPSA) is 61.8 Å². The highest BCUT2D eigenvalue weighted by molar-refractivity contribution is 5.91. The smallest absolute Gasteiger partial charge is 0.338 e. The van der Waals surface area contributed by atoms with Gasteiger partial charge in [0, 0.05) is 6.42 Å². The van der Waals surface area contributed by atoms with Crippen LogP contribution >= 0.6 is 0 Å². The minimum atomic E-state index is -0.448. The zero-order valence-corrected chi connectivity index (χ0v) is 14.9. The third-order valence-corrected chi connectivity index (χ3v) is 4.52. The standard InChI is InChI=1S/C21H22O5/c1-14-7-3-5-9-16(14)20(22)25-13-19-18(11-12-24-19)26-21(23)17-10-6-4-8-15(17)2/h3-10,18-19H,11-13H2,1-2H3/t18-,19+/m0/s1. The molecule has 2 aromatic rings. The molecule has 1 fully saturated rings. The molecule has 1 saturated heterocycles. The van der Waals surface area contributed by atoms with E-state index in [1.807, 2.05) is 38.1 Å². The Kier molecular flexibility index (Phi) is 5.68. The van der Waals surface area contributed by atoms with E-state index >= 15 is 0 Å². The monoisotopic (exact) mass is 354 g/mol. The van der Waals surface area contributed by atoms with Crippen LogP contribution in [0, 0.1) is 13.8 Å². The van der Waals surface area contributed by atoms with Gasteiger partial charge in [0.05, 0.1) is 17.7 Å². The van der Waals surface area contributed by atoms with E-state index in [0.29, 0.717) is 24.2 Å². The van der Waals surface area contributed by atoms with Crippen LogP contribution in [0.3, 0.4) is 0 Å². The first-order chi connectivity index (χ1) is 12.6. The third kappa shape index (κ3) is 4.11. The summed E-state index contributed by atoms with van der Waals surface area (Å²) in [5.41, 5.74) is 2.78. The Morgan fingerprint density at radius 2 is 1.54 bits per heavy atom. The van der Waals surface area contributed by atoms with Crippen LogP contribution in [0.1, 0.15) is 38.3 Å². The molecule has 1 aliphatic rings. The lowest BCUT2D eigenvalue weighted by Crippen LogP contribution is -2.32. The molecule has 136 valence electrons. The van der Waals surface area contributed by atoms with Gasteiger partial charge in [0.25, 0.3) is 0 Å². The highest BCUT2D eigenvalue weighted by Crippen LogP contribution is 2.21. The Balaban J connectivity index is 1.58. The molecule has 5 heteroatoms. The highest BCUT2D eigenvalue weighted by Gasteiger charge is 2.33. The molecular weight excluding hydrogens is 332 g/mol. The summed E-state index contributed by atoms with van der Waals surface area (Å²) in [5, 5.41) is 0. The van der Waals surface area contributed by atoms with Crippen molar-refractivity contribution in [3.05, 3.63) is 70.8 Å². The van der Waals surface area contributed by atoms with Crippen LogP contribution in [-0.4, -0.2) is 37.4 Å². The fourth-order valence-electron chi connectivity index (χ4n) is 2.96. The number of carbonyl (C=O) groups is 2. The van der Waals surface area contributed by atoms with Gasteiger partial charge >= 0.3 is 11.9 Å². The summed E-state index contributed by atoms with van der Waals surface area (Å²) in [4.78, 5) is 24.6. The van der Waals surface area contributed by atoms with Crippen LogP contribution in [0.4, 0.5) is 0 Å². The zero-order valence-electron chi connectivity index (χ0n) is 14.9. The average Bonchev–Trinajstić information content (AvgIpc) is 3.07. The van der Waals surface area contributed by atoms with E-state index in [4.69, 9.17) is 14.2 Å².